The van der Waals surface area contributed by atoms with Crippen molar-refractivity contribution in [2.45, 2.75) is 28.7 Å². The van der Waals surface area contributed by atoms with E-state index in [-0.39, 0.29) is 113 Å². The van der Waals surface area contributed by atoms with Crippen LogP contribution in [0.15, 0.2) is 82.0 Å². The monoisotopic (exact) mass is 838 g/mol. The van der Waals surface area contributed by atoms with E-state index in [0.29, 0.717) is 0 Å². The molecule has 2 heterocycles. The van der Waals surface area contributed by atoms with Gasteiger partial charge >= 0.3 is 47.8 Å². The Morgan fingerprint density at radius 1 is 0.407 bits per heavy atom. The molecule has 0 atom stereocenters. The Morgan fingerprint density at radius 3 is 1.08 bits per heavy atom. The first-order valence-electron chi connectivity index (χ1n) is 15.4. The van der Waals surface area contributed by atoms with E-state index in [1.54, 1.807) is 0 Å². The van der Waals surface area contributed by atoms with Crippen molar-refractivity contribution in [3.05, 3.63) is 118 Å². The van der Waals surface area contributed by atoms with Crippen LogP contribution in [0.5, 0.6) is 0 Å². The number of carboxylic acids is 5. The van der Waals surface area contributed by atoms with Gasteiger partial charge in [0.15, 0.2) is 0 Å². The van der Waals surface area contributed by atoms with Crippen LogP contribution in [0, 0.1) is 0 Å². The molecule has 0 saturated carbocycles. The van der Waals surface area contributed by atoms with Gasteiger partial charge in [-0.3, -0.25) is 0 Å². The molecule has 21 nitrogen and oxygen atoms in total. The summed E-state index contributed by atoms with van der Waals surface area (Å²) in [4.78, 5) is 87.0. The summed E-state index contributed by atoms with van der Waals surface area (Å²) < 4.78 is 24.0. The number of hydrogen-bond acceptors (Lipinski definition) is 16. The minimum Gasteiger partial charge on any atom is -0.478 e. The second-order valence-corrected chi connectivity index (χ2v) is 10.0. The molecule has 0 spiro atoms. The van der Waals surface area contributed by atoms with Crippen LogP contribution in [-0.4, -0.2) is 128 Å². The van der Waals surface area contributed by atoms with Gasteiger partial charge in [-0.1, -0.05) is 22.3 Å². The van der Waals surface area contributed by atoms with E-state index in [1.807, 2.05) is 0 Å². The van der Waals surface area contributed by atoms with E-state index >= 15 is 0 Å². The van der Waals surface area contributed by atoms with Gasteiger partial charge in [-0.15, -0.1) is 0 Å². The molecular weight excluding hydrogens is 792 g/mol. The van der Waals surface area contributed by atoms with Gasteiger partial charge in [0.05, 0.1) is 66.4 Å². The van der Waals surface area contributed by atoms with Crippen LogP contribution in [-0.2, 0) is 14.2 Å². The number of carbonyl (C=O) groups excluding carboxylic acids is 3. The summed E-state index contributed by atoms with van der Waals surface area (Å²) in [7, 11) is 0. The molecule has 0 saturated heterocycles. The predicted molar refractivity (Wildman–Crippen MR) is 202 cm³/mol. The maximum atomic E-state index is 11.9. The zero-order valence-electron chi connectivity index (χ0n) is 28.8. The summed E-state index contributed by atoms with van der Waals surface area (Å²) in [6.07, 6.45) is 2.15. The summed E-state index contributed by atoms with van der Waals surface area (Å²) in [5, 5.41) is 66.2. The third kappa shape index (κ3) is 20.9. The maximum Gasteiger partial charge on any atom is 0.374 e. The standard InChI is InChI=1S/C19H18O10.C8H6O4.C6H4O5.C2H6O2.3CH4/c20-6-9-28-19(25)15-10-14(11-29-15)18(24)27-8-1-7-26-17(23)13-4-2-12(3-5-13)16(21)22;9-7(10)5-1-2-6(4-3-5)8(11)12;7-5(8)3-1-4(6(9)10)11-2-3;3-1-2-4;;;/h2-5,10-11,20H,1,6-9H2,(H,21,22);1-4H,(H,9,10)(H,11,12);1-2H,(H,7,8)(H,9,10);3-4H,1-2H2;3*1H4. The molecule has 8 N–H and O–H groups in total. The highest BCUT2D eigenvalue weighted by Gasteiger charge is 2.18. The van der Waals surface area contributed by atoms with Crippen LogP contribution >= 0.6 is 0 Å². The number of carboxylic acid groups (broad SMARTS) is 5. The second-order valence-electron chi connectivity index (χ2n) is 10.0. The Kier molecular flexibility index (Phi) is 28.3. The molecule has 0 bridgehead atoms. The second kappa shape index (κ2) is 29.9. The average molecular weight is 839 g/mol. The highest BCUT2D eigenvalue weighted by molar-refractivity contribution is 5.95. The zero-order valence-corrected chi connectivity index (χ0v) is 28.8. The van der Waals surface area contributed by atoms with Gasteiger partial charge in [0.1, 0.15) is 19.1 Å². The van der Waals surface area contributed by atoms with Crippen molar-refractivity contribution < 1.29 is 102 Å². The highest BCUT2D eigenvalue weighted by atomic mass is 16.6. The van der Waals surface area contributed by atoms with Crippen molar-refractivity contribution in [1.82, 2.24) is 0 Å². The van der Waals surface area contributed by atoms with Crippen LogP contribution in [0.4, 0.5) is 0 Å². The summed E-state index contributed by atoms with van der Waals surface area (Å²) in [5.41, 5.74) is 0.266. The van der Waals surface area contributed by atoms with E-state index in [9.17, 15) is 38.4 Å². The summed E-state index contributed by atoms with van der Waals surface area (Å²) in [5.74, 6) is -8.46. The van der Waals surface area contributed by atoms with Crippen molar-refractivity contribution in [3.8, 4) is 0 Å². The van der Waals surface area contributed by atoms with Crippen LogP contribution in [0.25, 0.3) is 0 Å². The fraction of sp³-hybridized carbons (Fsp3) is 0.263. The number of rotatable bonds is 15. The maximum absolute atomic E-state index is 11.9. The molecule has 0 aliphatic rings. The Hall–Kier alpha value is -7.36. The van der Waals surface area contributed by atoms with E-state index in [2.05, 4.69) is 9.15 Å². The lowest BCUT2D eigenvalue weighted by molar-refractivity contribution is 0.0386. The minimum atomic E-state index is -1.28. The normalized spacial score (nSPS) is 9.20. The van der Waals surface area contributed by atoms with Gasteiger partial charge in [0, 0.05) is 18.6 Å². The third-order valence-electron chi connectivity index (χ3n) is 6.02. The van der Waals surface area contributed by atoms with Crippen molar-refractivity contribution in [3.63, 3.8) is 0 Å². The molecule has 59 heavy (non-hydrogen) atoms. The zero-order chi connectivity index (χ0) is 42.2. The number of ether oxygens (including phenoxy) is 3. The molecule has 0 amide bonds. The summed E-state index contributed by atoms with van der Waals surface area (Å²) >= 11 is 0. The Morgan fingerprint density at radius 2 is 0.746 bits per heavy atom. The van der Waals surface area contributed by atoms with E-state index in [1.165, 1.54) is 48.5 Å². The number of carbonyl (C=O) groups is 8. The lowest BCUT2D eigenvalue weighted by Gasteiger charge is -2.06. The lowest BCUT2D eigenvalue weighted by atomic mass is 10.1. The largest absolute Gasteiger partial charge is 0.478 e. The van der Waals surface area contributed by atoms with Crippen molar-refractivity contribution in [2.24, 2.45) is 0 Å². The Balaban J connectivity index is -0.000000862. The molecule has 0 fully saturated rings. The quantitative estimate of drug-likeness (QED) is 0.0473. The summed E-state index contributed by atoms with van der Waals surface area (Å²) in [6.45, 7) is -0.836. The first-order valence-corrected chi connectivity index (χ1v) is 15.4. The van der Waals surface area contributed by atoms with Gasteiger partial charge in [-0.05, 0) is 48.5 Å². The van der Waals surface area contributed by atoms with E-state index in [4.69, 9.17) is 54.7 Å². The highest BCUT2D eigenvalue weighted by Crippen LogP contribution is 2.12. The number of furan rings is 2. The van der Waals surface area contributed by atoms with Crippen LogP contribution < -0.4 is 0 Å². The van der Waals surface area contributed by atoms with Crippen molar-refractivity contribution in [1.29, 1.82) is 0 Å². The van der Waals surface area contributed by atoms with Crippen LogP contribution in [0.2, 0.25) is 0 Å². The molecule has 4 rings (SSSR count). The van der Waals surface area contributed by atoms with Gasteiger partial charge in [-0.25, -0.2) is 38.4 Å². The molecule has 2 aromatic heterocycles. The molecule has 4 aromatic rings. The van der Waals surface area contributed by atoms with Gasteiger partial charge in [-0.2, -0.15) is 0 Å². The van der Waals surface area contributed by atoms with E-state index in [0.717, 1.165) is 24.7 Å². The SMILES string of the molecule is C.C.C.O=C(O)c1ccc(C(=O)O)cc1.O=C(O)c1ccc(C(=O)OCCCOC(=O)c2coc(C(=O)OCCO)c2)cc1.O=C(O)c1coc(C(=O)O)c1.OCCO. The molecule has 2 aromatic carbocycles. The van der Waals surface area contributed by atoms with Crippen LogP contribution in [0.1, 0.15) is 112 Å². The topological polar surface area (TPSA) is 352 Å². The molecule has 324 valence electrons. The first-order chi connectivity index (χ1) is 26.6. The number of esters is 3. The third-order valence-corrected chi connectivity index (χ3v) is 6.02. The fourth-order valence-corrected chi connectivity index (χ4v) is 3.38. The van der Waals surface area contributed by atoms with Gasteiger partial charge in [0.25, 0.3) is 0 Å². The Labute approximate surface area is 336 Å². The summed E-state index contributed by atoms with van der Waals surface area (Å²) in [6, 6.07) is 12.4. The number of aliphatic hydroxyl groups excluding tert-OH is 3. The molecular formula is C38H46O21. The lowest BCUT2D eigenvalue weighted by Crippen LogP contribution is -2.11. The fourth-order valence-electron chi connectivity index (χ4n) is 3.38. The minimum absolute atomic E-state index is 0. The molecule has 0 unspecified atom stereocenters. The molecule has 0 radical (unpaired) electrons. The van der Waals surface area contributed by atoms with Gasteiger partial charge in [0.2, 0.25) is 11.5 Å². The number of hydrogen-bond donors (Lipinski definition) is 8. The first kappa shape index (κ1) is 56.0. The molecule has 0 aliphatic heterocycles. The Bertz CT molecular complexity index is 1860. The molecule has 21 heteroatoms. The van der Waals surface area contributed by atoms with E-state index < -0.39 is 47.8 Å². The predicted octanol–water partition coefficient (Wildman–Crippen LogP) is 4.17. The number of aromatic carboxylic acids is 5. The molecule has 0 aliphatic carbocycles. The van der Waals surface area contributed by atoms with Crippen molar-refractivity contribution in [2.75, 3.05) is 39.6 Å². The van der Waals surface area contributed by atoms with Crippen molar-refractivity contribution >= 4 is 47.8 Å². The van der Waals surface area contributed by atoms with Gasteiger partial charge < -0.3 is 63.9 Å². The smallest absolute Gasteiger partial charge is 0.374 e. The number of aliphatic hydroxyl groups is 3. The number of benzene rings is 2. The average Bonchev–Trinajstić information content (AvgIpc) is 3.89. The van der Waals surface area contributed by atoms with Crippen LogP contribution in [0.3, 0.4) is 0 Å².